The largest absolute Gasteiger partial charge is 0.471 e. The van der Waals surface area contributed by atoms with Crippen LogP contribution in [0.5, 0.6) is 0 Å². The number of nitrogens with zero attached hydrogens (tertiary/aromatic N) is 2. The SMILES string of the molecule is CCOC(=O)c1cnn2ccc(NC(=O)C(F)(F)F)cc12. The van der Waals surface area contributed by atoms with Gasteiger partial charge in [0.2, 0.25) is 0 Å². The van der Waals surface area contributed by atoms with E-state index in [1.165, 1.54) is 29.0 Å². The Bertz CT molecular complexity index is 694. The minimum atomic E-state index is -4.99. The van der Waals surface area contributed by atoms with E-state index < -0.39 is 18.1 Å². The van der Waals surface area contributed by atoms with Crippen molar-refractivity contribution in [3.8, 4) is 0 Å². The van der Waals surface area contributed by atoms with E-state index >= 15 is 0 Å². The molecule has 0 atom stereocenters. The zero-order valence-electron chi connectivity index (χ0n) is 10.8. The summed E-state index contributed by atoms with van der Waals surface area (Å²) < 4.78 is 42.7. The fourth-order valence-electron chi connectivity index (χ4n) is 1.63. The van der Waals surface area contributed by atoms with E-state index in [0.29, 0.717) is 0 Å². The van der Waals surface area contributed by atoms with Crippen molar-refractivity contribution in [2.75, 3.05) is 11.9 Å². The number of aromatic nitrogens is 2. The Labute approximate surface area is 116 Å². The minimum Gasteiger partial charge on any atom is -0.462 e. The standard InChI is InChI=1S/C12H10F3N3O3/c1-2-21-10(19)8-6-16-18-4-3-7(5-9(8)18)17-11(20)12(13,14)15/h3-6H,2H2,1H3,(H,17,20). The number of ether oxygens (including phenoxy) is 1. The molecule has 0 radical (unpaired) electrons. The number of anilines is 1. The molecule has 0 spiro atoms. The summed E-state index contributed by atoms with van der Waals surface area (Å²) in [5.74, 6) is -2.74. The number of hydrogen-bond donors (Lipinski definition) is 1. The van der Waals surface area contributed by atoms with Gasteiger partial charge in [0, 0.05) is 11.9 Å². The average Bonchev–Trinajstić information content (AvgIpc) is 2.81. The van der Waals surface area contributed by atoms with Gasteiger partial charge in [-0.1, -0.05) is 0 Å². The lowest BCUT2D eigenvalue weighted by Crippen LogP contribution is -2.29. The van der Waals surface area contributed by atoms with Crippen LogP contribution in [0.15, 0.2) is 24.5 Å². The van der Waals surface area contributed by atoms with Gasteiger partial charge in [-0.2, -0.15) is 18.3 Å². The molecule has 2 rings (SSSR count). The van der Waals surface area contributed by atoms with E-state index in [9.17, 15) is 22.8 Å². The molecule has 2 aromatic rings. The van der Waals surface area contributed by atoms with Crippen molar-refractivity contribution in [1.82, 2.24) is 9.61 Å². The van der Waals surface area contributed by atoms with Gasteiger partial charge >= 0.3 is 18.1 Å². The van der Waals surface area contributed by atoms with Crippen LogP contribution in [0.1, 0.15) is 17.3 Å². The topological polar surface area (TPSA) is 72.7 Å². The van der Waals surface area contributed by atoms with Gasteiger partial charge in [0.15, 0.2) is 0 Å². The molecular formula is C12H10F3N3O3. The monoisotopic (exact) mass is 301 g/mol. The first kappa shape index (κ1) is 14.8. The van der Waals surface area contributed by atoms with Gasteiger partial charge in [-0.05, 0) is 19.1 Å². The van der Waals surface area contributed by atoms with Crippen molar-refractivity contribution in [3.63, 3.8) is 0 Å². The number of carbonyl (C=O) groups is 2. The zero-order valence-corrected chi connectivity index (χ0v) is 10.8. The molecule has 0 aliphatic rings. The summed E-state index contributed by atoms with van der Waals surface area (Å²) in [5.41, 5.74) is 0.226. The van der Waals surface area contributed by atoms with E-state index in [-0.39, 0.29) is 23.4 Å². The van der Waals surface area contributed by atoms with Crippen LogP contribution in [0.3, 0.4) is 0 Å². The summed E-state index contributed by atoms with van der Waals surface area (Å²) in [4.78, 5) is 22.5. The molecule has 0 aliphatic carbocycles. The molecule has 2 aromatic heterocycles. The molecule has 1 amide bonds. The molecular weight excluding hydrogens is 291 g/mol. The van der Waals surface area contributed by atoms with Gasteiger partial charge in [-0.25, -0.2) is 9.31 Å². The molecule has 2 heterocycles. The van der Waals surface area contributed by atoms with Crippen LogP contribution < -0.4 is 5.32 Å². The lowest BCUT2D eigenvalue weighted by molar-refractivity contribution is -0.167. The minimum absolute atomic E-state index is 0.0972. The van der Waals surface area contributed by atoms with Crippen molar-refractivity contribution in [3.05, 3.63) is 30.1 Å². The van der Waals surface area contributed by atoms with Gasteiger partial charge < -0.3 is 10.1 Å². The maximum absolute atomic E-state index is 12.2. The normalized spacial score (nSPS) is 11.4. The lowest BCUT2D eigenvalue weighted by Gasteiger charge is -2.08. The van der Waals surface area contributed by atoms with Crippen LogP contribution in [0.25, 0.3) is 5.52 Å². The lowest BCUT2D eigenvalue weighted by atomic mass is 10.2. The summed E-state index contributed by atoms with van der Waals surface area (Å²) in [6.07, 6.45) is -2.43. The van der Waals surface area contributed by atoms with Crippen molar-refractivity contribution < 1.29 is 27.5 Å². The van der Waals surface area contributed by atoms with Crippen molar-refractivity contribution >= 4 is 23.1 Å². The number of esters is 1. The van der Waals surface area contributed by atoms with Crippen LogP contribution in [-0.2, 0) is 9.53 Å². The highest BCUT2D eigenvalue weighted by Gasteiger charge is 2.38. The zero-order chi connectivity index (χ0) is 15.6. The molecule has 0 bridgehead atoms. The predicted octanol–water partition coefficient (Wildman–Crippen LogP) is 2.01. The average molecular weight is 301 g/mol. The fraction of sp³-hybridized carbons (Fsp3) is 0.250. The van der Waals surface area contributed by atoms with Crippen LogP contribution in [0.4, 0.5) is 18.9 Å². The highest BCUT2D eigenvalue weighted by Crippen LogP contribution is 2.21. The second-order valence-electron chi connectivity index (χ2n) is 3.98. The summed E-state index contributed by atoms with van der Waals surface area (Å²) in [5, 5.41) is 5.58. The Balaban J connectivity index is 2.34. The van der Waals surface area contributed by atoms with Crippen LogP contribution in [0.2, 0.25) is 0 Å². The number of halogens is 3. The maximum Gasteiger partial charge on any atom is 0.471 e. The number of nitrogens with one attached hydrogen (secondary N) is 1. The first-order valence-corrected chi connectivity index (χ1v) is 5.85. The molecule has 0 aromatic carbocycles. The number of rotatable bonds is 3. The van der Waals surface area contributed by atoms with Crippen molar-refractivity contribution in [1.29, 1.82) is 0 Å². The summed E-state index contributed by atoms with van der Waals surface area (Å²) in [7, 11) is 0. The fourth-order valence-corrected chi connectivity index (χ4v) is 1.63. The molecule has 0 saturated heterocycles. The van der Waals surface area contributed by atoms with Crippen LogP contribution in [0, 0.1) is 0 Å². The Kier molecular flexibility index (Phi) is 3.83. The highest BCUT2D eigenvalue weighted by atomic mass is 19.4. The predicted molar refractivity (Wildman–Crippen MR) is 65.8 cm³/mol. The smallest absolute Gasteiger partial charge is 0.462 e. The summed E-state index contributed by atoms with van der Waals surface area (Å²) >= 11 is 0. The Morgan fingerprint density at radius 2 is 2.14 bits per heavy atom. The van der Waals surface area contributed by atoms with Crippen molar-refractivity contribution in [2.45, 2.75) is 13.1 Å². The quantitative estimate of drug-likeness (QED) is 0.880. The molecule has 0 saturated carbocycles. The molecule has 0 fully saturated rings. The first-order valence-electron chi connectivity index (χ1n) is 5.85. The Morgan fingerprint density at radius 3 is 2.76 bits per heavy atom. The van der Waals surface area contributed by atoms with Gasteiger partial charge in [0.05, 0.1) is 18.3 Å². The van der Waals surface area contributed by atoms with Gasteiger partial charge in [-0.3, -0.25) is 4.79 Å². The molecule has 6 nitrogen and oxygen atoms in total. The van der Waals surface area contributed by atoms with Gasteiger partial charge in [0.1, 0.15) is 5.56 Å². The third-order valence-electron chi connectivity index (χ3n) is 2.53. The second-order valence-corrected chi connectivity index (χ2v) is 3.98. The molecule has 1 N–H and O–H groups in total. The second kappa shape index (κ2) is 5.43. The summed E-state index contributed by atoms with van der Waals surface area (Å²) in [6.45, 7) is 1.78. The van der Waals surface area contributed by atoms with E-state index in [4.69, 9.17) is 4.74 Å². The molecule has 0 unspecified atom stereocenters. The molecule has 9 heteroatoms. The van der Waals surface area contributed by atoms with E-state index in [2.05, 4.69) is 5.10 Å². The van der Waals surface area contributed by atoms with Gasteiger partial charge in [-0.15, -0.1) is 0 Å². The van der Waals surface area contributed by atoms with Gasteiger partial charge in [0.25, 0.3) is 0 Å². The van der Waals surface area contributed by atoms with Crippen molar-refractivity contribution in [2.24, 2.45) is 0 Å². The number of alkyl halides is 3. The molecule has 0 aliphatic heterocycles. The van der Waals surface area contributed by atoms with E-state index in [1.54, 1.807) is 12.2 Å². The molecule has 21 heavy (non-hydrogen) atoms. The van der Waals surface area contributed by atoms with Crippen LogP contribution in [-0.4, -0.2) is 34.3 Å². The number of pyridine rings is 1. The number of carbonyl (C=O) groups excluding carboxylic acids is 2. The highest BCUT2D eigenvalue weighted by molar-refractivity contribution is 5.99. The first-order chi connectivity index (χ1) is 9.82. The Morgan fingerprint density at radius 1 is 1.43 bits per heavy atom. The third-order valence-corrected chi connectivity index (χ3v) is 2.53. The molecule has 112 valence electrons. The number of hydrogen-bond acceptors (Lipinski definition) is 4. The number of fused-ring (bicyclic) bond motifs is 1. The van der Waals surface area contributed by atoms with E-state index in [1.807, 2.05) is 0 Å². The van der Waals surface area contributed by atoms with Crippen LogP contribution >= 0.6 is 0 Å². The Hall–Kier alpha value is -2.58. The van der Waals surface area contributed by atoms with E-state index in [0.717, 1.165) is 0 Å². The summed E-state index contributed by atoms with van der Waals surface area (Å²) in [6, 6.07) is 2.45. The maximum atomic E-state index is 12.2. The third kappa shape index (κ3) is 3.12. The number of amides is 1.